The van der Waals surface area contributed by atoms with Crippen molar-refractivity contribution in [3.8, 4) is 9.75 Å². The van der Waals surface area contributed by atoms with Gasteiger partial charge in [-0.05, 0) is 26.0 Å². The van der Waals surface area contributed by atoms with E-state index in [-0.39, 0.29) is 11.9 Å². The van der Waals surface area contributed by atoms with Gasteiger partial charge in [0.2, 0.25) is 0 Å². The second-order valence-corrected chi connectivity index (χ2v) is 5.66. The van der Waals surface area contributed by atoms with Crippen molar-refractivity contribution in [2.45, 2.75) is 13.8 Å². The van der Waals surface area contributed by atoms with E-state index in [4.69, 9.17) is 9.47 Å². The van der Waals surface area contributed by atoms with E-state index in [1.54, 1.807) is 36.7 Å². The molecule has 0 aromatic carbocycles. The van der Waals surface area contributed by atoms with Gasteiger partial charge >= 0.3 is 11.9 Å². The summed E-state index contributed by atoms with van der Waals surface area (Å²) >= 11 is 2.91. The summed E-state index contributed by atoms with van der Waals surface area (Å²) < 4.78 is 9.90. The Kier molecular flexibility index (Phi) is 4.92. The summed E-state index contributed by atoms with van der Waals surface area (Å²) in [6, 6.07) is 3.56. The Hall–Kier alpha value is -1.66. The second-order valence-electron chi connectivity index (χ2n) is 3.84. The first-order chi connectivity index (χ1) is 9.65. The van der Waals surface area contributed by atoms with E-state index in [1.165, 1.54) is 22.7 Å². The van der Waals surface area contributed by atoms with Crippen molar-refractivity contribution in [1.29, 1.82) is 0 Å². The van der Waals surface area contributed by atoms with E-state index in [0.717, 1.165) is 9.75 Å². The van der Waals surface area contributed by atoms with Gasteiger partial charge in [-0.15, -0.1) is 22.7 Å². The fraction of sp³-hybridized carbons (Fsp3) is 0.286. The van der Waals surface area contributed by atoms with Crippen molar-refractivity contribution >= 4 is 34.6 Å². The van der Waals surface area contributed by atoms with Crippen LogP contribution in [0, 0.1) is 0 Å². The molecule has 0 saturated carbocycles. The van der Waals surface area contributed by atoms with Crippen molar-refractivity contribution in [3.05, 3.63) is 34.0 Å². The molecule has 4 nitrogen and oxygen atoms in total. The Morgan fingerprint density at radius 1 is 0.900 bits per heavy atom. The average molecular weight is 310 g/mol. The first-order valence-electron chi connectivity index (χ1n) is 6.17. The monoisotopic (exact) mass is 310 g/mol. The number of hydrogen-bond donors (Lipinski definition) is 0. The second kappa shape index (κ2) is 6.67. The highest BCUT2D eigenvalue weighted by Gasteiger charge is 2.14. The van der Waals surface area contributed by atoms with Gasteiger partial charge in [-0.25, -0.2) is 9.59 Å². The van der Waals surface area contributed by atoms with Crippen LogP contribution in [0.25, 0.3) is 9.75 Å². The quantitative estimate of drug-likeness (QED) is 0.788. The Morgan fingerprint density at radius 3 is 1.65 bits per heavy atom. The minimum atomic E-state index is -0.322. The van der Waals surface area contributed by atoms with Crippen molar-refractivity contribution < 1.29 is 19.1 Å². The summed E-state index contributed by atoms with van der Waals surface area (Å²) in [6.07, 6.45) is 0. The molecule has 0 aliphatic carbocycles. The number of esters is 2. The number of hydrogen-bond acceptors (Lipinski definition) is 6. The summed E-state index contributed by atoms with van der Waals surface area (Å²) in [7, 11) is 0. The van der Waals surface area contributed by atoms with E-state index in [9.17, 15) is 9.59 Å². The number of thiophene rings is 2. The molecule has 2 rings (SSSR count). The fourth-order valence-corrected chi connectivity index (χ4v) is 3.44. The first-order valence-corrected chi connectivity index (χ1v) is 7.93. The summed E-state index contributed by atoms with van der Waals surface area (Å²) in [6.45, 7) is 4.26. The van der Waals surface area contributed by atoms with Crippen LogP contribution in [0.4, 0.5) is 0 Å². The largest absolute Gasteiger partial charge is 0.462 e. The zero-order valence-electron chi connectivity index (χ0n) is 11.2. The molecule has 2 aromatic rings. The predicted octanol–water partition coefficient (Wildman–Crippen LogP) is 3.83. The number of rotatable bonds is 5. The molecular formula is C14H14O4S2. The van der Waals surface area contributed by atoms with Crippen LogP contribution >= 0.6 is 22.7 Å². The van der Waals surface area contributed by atoms with Crippen molar-refractivity contribution in [3.63, 3.8) is 0 Å². The molecule has 0 bridgehead atoms. The molecule has 0 atom stereocenters. The zero-order chi connectivity index (χ0) is 14.5. The van der Waals surface area contributed by atoms with E-state index in [0.29, 0.717) is 24.3 Å². The molecule has 2 aromatic heterocycles. The molecule has 2 heterocycles. The number of carbonyl (C=O) groups excluding carboxylic acids is 2. The van der Waals surface area contributed by atoms with Crippen LogP contribution in [0.2, 0.25) is 0 Å². The van der Waals surface area contributed by atoms with Gasteiger partial charge in [0.1, 0.15) is 0 Å². The normalized spacial score (nSPS) is 10.3. The Bertz CT molecular complexity index is 558. The van der Waals surface area contributed by atoms with Gasteiger partial charge < -0.3 is 9.47 Å². The van der Waals surface area contributed by atoms with E-state index in [1.807, 2.05) is 0 Å². The van der Waals surface area contributed by atoms with Crippen molar-refractivity contribution in [2.24, 2.45) is 0 Å². The lowest BCUT2D eigenvalue weighted by Gasteiger charge is -1.97. The van der Waals surface area contributed by atoms with Crippen LogP contribution < -0.4 is 0 Å². The van der Waals surface area contributed by atoms with Crippen LogP contribution in [0.3, 0.4) is 0 Å². The lowest BCUT2D eigenvalue weighted by atomic mass is 10.2. The molecule has 0 N–H and O–H groups in total. The van der Waals surface area contributed by atoms with E-state index in [2.05, 4.69) is 0 Å². The van der Waals surface area contributed by atoms with Gasteiger partial charge in [0, 0.05) is 20.5 Å². The molecule has 0 saturated heterocycles. The van der Waals surface area contributed by atoms with Gasteiger partial charge in [-0.1, -0.05) is 0 Å². The molecule has 6 heteroatoms. The Balaban J connectivity index is 2.16. The van der Waals surface area contributed by atoms with Crippen LogP contribution in [0.15, 0.2) is 22.9 Å². The van der Waals surface area contributed by atoms with Crippen molar-refractivity contribution in [2.75, 3.05) is 13.2 Å². The van der Waals surface area contributed by atoms with Gasteiger partial charge in [0.25, 0.3) is 0 Å². The lowest BCUT2D eigenvalue weighted by molar-refractivity contribution is 0.0517. The molecule has 0 unspecified atom stereocenters. The summed E-state index contributed by atoms with van der Waals surface area (Å²) in [5, 5.41) is 3.52. The summed E-state index contributed by atoms with van der Waals surface area (Å²) in [5.41, 5.74) is 1.08. The third-order valence-electron chi connectivity index (χ3n) is 2.46. The van der Waals surface area contributed by atoms with Gasteiger partial charge in [-0.3, -0.25) is 0 Å². The SMILES string of the molecule is CCOC(=O)c1csc(-c2cc(C(=O)OCC)cs2)c1. The fourth-order valence-electron chi connectivity index (χ4n) is 1.57. The van der Waals surface area contributed by atoms with Crippen LogP contribution in [0.5, 0.6) is 0 Å². The minimum absolute atomic E-state index is 0.322. The molecule has 0 aliphatic rings. The smallest absolute Gasteiger partial charge is 0.338 e. The molecule has 0 spiro atoms. The Labute approximate surface area is 125 Å². The molecule has 0 fully saturated rings. The predicted molar refractivity (Wildman–Crippen MR) is 79.5 cm³/mol. The van der Waals surface area contributed by atoms with E-state index < -0.39 is 0 Å². The molecule has 0 radical (unpaired) electrons. The van der Waals surface area contributed by atoms with Gasteiger partial charge in [-0.2, -0.15) is 0 Å². The minimum Gasteiger partial charge on any atom is -0.462 e. The third kappa shape index (κ3) is 3.26. The first kappa shape index (κ1) is 14.7. The summed E-state index contributed by atoms with van der Waals surface area (Å²) in [5.74, 6) is -0.644. The average Bonchev–Trinajstić information content (AvgIpc) is 3.08. The van der Waals surface area contributed by atoms with E-state index >= 15 is 0 Å². The highest BCUT2D eigenvalue weighted by Crippen LogP contribution is 2.33. The molecule has 0 aliphatic heterocycles. The maximum Gasteiger partial charge on any atom is 0.338 e. The number of ether oxygens (including phenoxy) is 2. The van der Waals surface area contributed by atoms with Crippen molar-refractivity contribution in [1.82, 2.24) is 0 Å². The maximum absolute atomic E-state index is 11.6. The topological polar surface area (TPSA) is 52.6 Å². The highest BCUT2D eigenvalue weighted by atomic mass is 32.1. The van der Waals surface area contributed by atoms with Crippen LogP contribution in [-0.4, -0.2) is 25.2 Å². The third-order valence-corrected chi connectivity index (χ3v) is 4.52. The highest BCUT2D eigenvalue weighted by molar-refractivity contribution is 7.20. The molecule has 0 amide bonds. The van der Waals surface area contributed by atoms with Crippen LogP contribution in [-0.2, 0) is 9.47 Å². The molecule has 106 valence electrons. The summed E-state index contributed by atoms with van der Waals surface area (Å²) in [4.78, 5) is 25.1. The standard InChI is InChI=1S/C14H14O4S2/c1-3-17-13(15)9-5-11(19-7-9)12-6-10(8-20-12)14(16)18-4-2/h5-8H,3-4H2,1-2H3. The maximum atomic E-state index is 11.6. The molecular weight excluding hydrogens is 296 g/mol. The lowest BCUT2D eigenvalue weighted by Crippen LogP contribution is -2.02. The van der Waals surface area contributed by atoms with Gasteiger partial charge in [0.05, 0.1) is 24.3 Å². The Morgan fingerprint density at radius 2 is 1.30 bits per heavy atom. The van der Waals surface area contributed by atoms with Gasteiger partial charge in [0.15, 0.2) is 0 Å². The molecule has 20 heavy (non-hydrogen) atoms. The van der Waals surface area contributed by atoms with Crippen LogP contribution in [0.1, 0.15) is 34.6 Å². The zero-order valence-corrected chi connectivity index (χ0v) is 12.8. The number of carbonyl (C=O) groups is 2.